The van der Waals surface area contributed by atoms with Crippen LogP contribution < -0.4 is 16.0 Å². The van der Waals surface area contributed by atoms with Gasteiger partial charge in [-0.15, -0.1) is 0 Å². The van der Waals surface area contributed by atoms with E-state index in [9.17, 15) is 9.59 Å². The summed E-state index contributed by atoms with van der Waals surface area (Å²) in [7, 11) is 1.48. The van der Waals surface area contributed by atoms with Gasteiger partial charge in [-0.05, 0) is 38.5 Å². The maximum absolute atomic E-state index is 12.4. The first-order valence-electron chi connectivity index (χ1n) is 8.37. The lowest BCUT2D eigenvalue weighted by molar-refractivity contribution is -0.124. The van der Waals surface area contributed by atoms with Gasteiger partial charge in [-0.3, -0.25) is 9.59 Å². The standard InChI is InChI=1S/C18H24N4O4/c1-5-15(18(24)21-16-9-11(2)26-22-16)19-13-7-6-8-14(10-13)20-17(23)12(3)25-4/h6-10,12,15,19H,5H2,1-4H3,(H,20,23)(H,21,22,24). The second-order valence-electron chi connectivity index (χ2n) is 5.87. The number of methoxy groups -OCH3 is 1. The van der Waals surface area contributed by atoms with Crippen LogP contribution in [0, 0.1) is 6.92 Å². The third-order valence-electron chi connectivity index (χ3n) is 3.80. The van der Waals surface area contributed by atoms with Gasteiger partial charge in [-0.25, -0.2) is 0 Å². The average molecular weight is 360 g/mol. The van der Waals surface area contributed by atoms with E-state index in [4.69, 9.17) is 9.26 Å². The van der Waals surface area contributed by atoms with Gasteiger partial charge in [0.25, 0.3) is 5.91 Å². The Labute approximate surface area is 152 Å². The molecule has 2 amide bonds. The second-order valence-corrected chi connectivity index (χ2v) is 5.87. The zero-order valence-electron chi connectivity index (χ0n) is 15.3. The van der Waals surface area contributed by atoms with Crippen LogP contribution in [0.2, 0.25) is 0 Å². The minimum atomic E-state index is -0.549. The van der Waals surface area contributed by atoms with Crippen LogP contribution in [0.3, 0.4) is 0 Å². The first kappa shape index (κ1) is 19.5. The van der Waals surface area contributed by atoms with Crippen LogP contribution >= 0.6 is 0 Å². The number of anilines is 3. The van der Waals surface area contributed by atoms with E-state index in [0.29, 0.717) is 29.4 Å². The Bertz CT molecular complexity index is 759. The molecule has 3 N–H and O–H groups in total. The van der Waals surface area contributed by atoms with Crippen molar-refractivity contribution in [3.8, 4) is 0 Å². The summed E-state index contributed by atoms with van der Waals surface area (Å²) >= 11 is 0. The molecule has 0 radical (unpaired) electrons. The van der Waals surface area contributed by atoms with Crippen molar-refractivity contribution in [2.75, 3.05) is 23.1 Å². The maximum Gasteiger partial charge on any atom is 0.253 e. The third-order valence-corrected chi connectivity index (χ3v) is 3.80. The molecule has 0 bridgehead atoms. The van der Waals surface area contributed by atoms with Gasteiger partial charge in [0.05, 0.1) is 0 Å². The van der Waals surface area contributed by atoms with Crippen molar-refractivity contribution in [1.29, 1.82) is 0 Å². The van der Waals surface area contributed by atoms with Crippen molar-refractivity contribution in [1.82, 2.24) is 5.16 Å². The molecule has 0 spiro atoms. The Kier molecular flexibility index (Phi) is 6.74. The Balaban J connectivity index is 2.02. The zero-order valence-corrected chi connectivity index (χ0v) is 15.3. The molecule has 140 valence electrons. The summed E-state index contributed by atoms with van der Waals surface area (Å²) in [5.41, 5.74) is 1.33. The molecule has 1 aromatic carbocycles. The number of rotatable bonds is 8. The molecule has 1 aromatic heterocycles. The number of nitrogens with one attached hydrogen (secondary N) is 3. The number of hydrogen-bond acceptors (Lipinski definition) is 6. The molecule has 0 saturated heterocycles. The van der Waals surface area contributed by atoms with Gasteiger partial charge in [-0.2, -0.15) is 0 Å². The lowest BCUT2D eigenvalue weighted by Gasteiger charge is -2.18. The first-order chi connectivity index (χ1) is 12.4. The summed E-state index contributed by atoms with van der Waals surface area (Å²) in [6.07, 6.45) is 0.0201. The molecule has 2 atom stereocenters. The largest absolute Gasteiger partial charge is 0.374 e. The normalized spacial score (nSPS) is 12.9. The van der Waals surface area contributed by atoms with Crippen LogP contribution in [0.15, 0.2) is 34.9 Å². The van der Waals surface area contributed by atoms with E-state index in [2.05, 4.69) is 21.1 Å². The number of amides is 2. The summed E-state index contributed by atoms with van der Waals surface area (Å²) in [4.78, 5) is 24.3. The highest BCUT2D eigenvalue weighted by atomic mass is 16.5. The van der Waals surface area contributed by atoms with E-state index in [-0.39, 0.29) is 11.8 Å². The Morgan fingerprint density at radius 3 is 2.54 bits per heavy atom. The van der Waals surface area contributed by atoms with Crippen LogP contribution in [0.4, 0.5) is 17.2 Å². The number of carbonyl (C=O) groups is 2. The molecule has 8 nitrogen and oxygen atoms in total. The van der Waals surface area contributed by atoms with Gasteiger partial charge in [0.2, 0.25) is 5.91 Å². The summed E-state index contributed by atoms with van der Waals surface area (Å²) < 4.78 is 9.93. The van der Waals surface area contributed by atoms with Crippen molar-refractivity contribution < 1.29 is 18.8 Å². The molecule has 0 aliphatic rings. The number of ether oxygens (including phenoxy) is 1. The van der Waals surface area contributed by atoms with E-state index < -0.39 is 12.1 Å². The molecule has 2 rings (SSSR count). The fourth-order valence-corrected chi connectivity index (χ4v) is 2.23. The van der Waals surface area contributed by atoms with Crippen molar-refractivity contribution in [2.24, 2.45) is 0 Å². The molecular weight excluding hydrogens is 336 g/mol. The third kappa shape index (κ3) is 5.32. The maximum atomic E-state index is 12.4. The van der Waals surface area contributed by atoms with Crippen LogP contribution in [0.25, 0.3) is 0 Å². The number of benzene rings is 1. The predicted molar refractivity (Wildman–Crippen MR) is 99.1 cm³/mol. The fourth-order valence-electron chi connectivity index (χ4n) is 2.23. The molecular formula is C18H24N4O4. The molecule has 0 aliphatic carbocycles. The van der Waals surface area contributed by atoms with Crippen LogP contribution in [-0.4, -0.2) is 36.2 Å². The second kappa shape index (κ2) is 9.00. The van der Waals surface area contributed by atoms with E-state index in [1.807, 2.05) is 13.0 Å². The lowest BCUT2D eigenvalue weighted by Crippen LogP contribution is -2.34. The minimum absolute atomic E-state index is 0.219. The van der Waals surface area contributed by atoms with Gasteiger partial charge >= 0.3 is 0 Å². The first-order valence-corrected chi connectivity index (χ1v) is 8.37. The van der Waals surface area contributed by atoms with Gasteiger partial charge in [0.1, 0.15) is 17.9 Å². The Morgan fingerprint density at radius 2 is 1.92 bits per heavy atom. The van der Waals surface area contributed by atoms with Crippen LogP contribution in [0.1, 0.15) is 26.0 Å². The van der Waals surface area contributed by atoms with E-state index in [1.54, 1.807) is 38.1 Å². The molecule has 1 heterocycles. The van der Waals surface area contributed by atoms with Gasteiger partial charge < -0.3 is 25.2 Å². The molecule has 0 fully saturated rings. The lowest BCUT2D eigenvalue weighted by atomic mass is 10.2. The smallest absolute Gasteiger partial charge is 0.253 e. The van der Waals surface area contributed by atoms with E-state index in [0.717, 1.165) is 0 Å². The summed E-state index contributed by atoms with van der Waals surface area (Å²) in [6.45, 7) is 5.32. The van der Waals surface area contributed by atoms with Gasteiger partial charge in [-0.1, -0.05) is 18.1 Å². The number of hydrogen-bond donors (Lipinski definition) is 3. The SMILES string of the molecule is CCC(Nc1cccc(NC(=O)C(C)OC)c1)C(=O)Nc1cc(C)on1. The average Bonchev–Trinajstić information content (AvgIpc) is 3.03. The van der Waals surface area contributed by atoms with Crippen molar-refractivity contribution in [2.45, 2.75) is 39.3 Å². The molecule has 26 heavy (non-hydrogen) atoms. The van der Waals surface area contributed by atoms with E-state index in [1.165, 1.54) is 7.11 Å². The van der Waals surface area contributed by atoms with Gasteiger partial charge in [0.15, 0.2) is 5.82 Å². The molecule has 0 aliphatic heterocycles. The topological polar surface area (TPSA) is 105 Å². The van der Waals surface area contributed by atoms with Gasteiger partial charge in [0, 0.05) is 24.6 Å². The number of carbonyl (C=O) groups excluding carboxylic acids is 2. The molecule has 2 aromatic rings. The van der Waals surface area contributed by atoms with Crippen LogP contribution in [-0.2, 0) is 14.3 Å². The molecule has 8 heteroatoms. The fraction of sp³-hybridized carbons (Fsp3) is 0.389. The highest BCUT2D eigenvalue weighted by Crippen LogP contribution is 2.18. The van der Waals surface area contributed by atoms with Crippen LogP contribution in [0.5, 0.6) is 0 Å². The Hall–Kier alpha value is -2.87. The highest BCUT2D eigenvalue weighted by molar-refractivity contribution is 5.96. The number of aromatic nitrogens is 1. The monoisotopic (exact) mass is 360 g/mol. The van der Waals surface area contributed by atoms with Crippen molar-refractivity contribution >= 4 is 29.0 Å². The van der Waals surface area contributed by atoms with E-state index >= 15 is 0 Å². The quantitative estimate of drug-likeness (QED) is 0.668. The zero-order chi connectivity index (χ0) is 19.1. The predicted octanol–water partition coefficient (Wildman–Crippen LogP) is 2.79. The van der Waals surface area contributed by atoms with Crippen molar-refractivity contribution in [3.05, 3.63) is 36.1 Å². The molecule has 0 saturated carbocycles. The number of aryl methyl sites for hydroxylation is 1. The Morgan fingerprint density at radius 1 is 1.19 bits per heavy atom. The summed E-state index contributed by atoms with van der Waals surface area (Å²) in [6, 6.07) is 8.33. The summed E-state index contributed by atoms with van der Waals surface area (Å²) in [5, 5.41) is 12.4. The highest BCUT2D eigenvalue weighted by Gasteiger charge is 2.18. The van der Waals surface area contributed by atoms with Crippen molar-refractivity contribution in [3.63, 3.8) is 0 Å². The summed E-state index contributed by atoms with van der Waals surface area (Å²) in [5.74, 6) is 0.538. The minimum Gasteiger partial charge on any atom is -0.374 e. The number of nitrogens with zero attached hydrogens (tertiary/aromatic N) is 1. The molecule has 2 unspecified atom stereocenters.